The van der Waals surface area contributed by atoms with E-state index in [-0.39, 0.29) is 11.9 Å². The molecule has 5 rings (SSSR count). The second-order valence-corrected chi connectivity index (χ2v) is 9.56. The summed E-state index contributed by atoms with van der Waals surface area (Å²) in [5.74, 6) is -0.571. The Hall–Kier alpha value is -4.02. The van der Waals surface area contributed by atoms with Crippen LogP contribution in [0.2, 0.25) is 0 Å². The lowest BCUT2D eigenvalue weighted by molar-refractivity contribution is -0.117. The van der Waals surface area contributed by atoms with Gasteiger partial charge in [0, 0.05) is 29.1 Å². The second-order valence-electron chi connectivity index (χ2n) is 8.33. The number of amides is 1. The third-order valence-corrected chi connectivity index (χ3v) is 6.92. The number of nitrogens with one attached hydrogen (secondary N) is 2. The minimum Gasteiger partial charge on any atom is -0.407 e. The van der Waals surface area contributed by atoms with E-state index in [0.717, 1.165) is 34.1 Å². The lowest BCUT2D eigenvalue weighted by Gasteiger charge is -2.28. The van der Waals surface area contributed by atoms with Gasteiger partial charge in [-0.25, -0.2) is 4.99 Å². The fraction of sp³-hybridized carbons (Fsp3) is 0.231. The maximum absolute atomic E-state index is 13.0. The van der Waals surface area contributed by atoms with E-state index in [0.29, 0.717) is 30.2 Å². The molecule has 3 heterocycles. The minimum atomic E-state index is -1.18. The Morgan fingerprint density at radius 1 is 1.19 bits per heavy atom. The zero-order chi connectivity index (χ0) is 25.1. The molecule has 4 N–H and O–H groups in total. The van der Waals surface area contributed by atoms with Gasteiger partial charge in [0.1, 0.15) is 5.00 Å². The van der Waals surface area contributed by atoms with Crippen molar-refractivity contribution in [2.75, 3.05) is 36.5 Å². The van der Waals surface area contributed by atoms with E-state index < -0.39 is 12.1 Å². The van der Waals surface area contributed by atoms with Gasteiger partial charge in [-0.05, 0) is 19.1 Å². The number of rotatable bonds is 4. The molecule has 2 aliphatic rings. The Morgan fingerprint density at radius 3 is 2.69 bits per heavy atom. The smallest absolute Gasteiger partial charge is 0.291 e. The summed E-state index contributed by atoms with van der Waals surface area (Å²) in [4.78, 5) is 25.1. The van der Waals surface area contributed by atoms with Crippen LogP contribution in [0.25, 0.3) is 0 Å². The van der Waals surface area contributed by atoms with E-state index in [1.54, 1.807) is 11.3 Å². The van der Waals surface area contributed by atoms with Gasteiger partial charge in [0.25, 0.3) is 11.9 Å². The number of morpholine rings is 1. The molecule has 0 spiro atoms. The molecule has 0 aliphatic carbocycles. The van der Waals surface area contributed by atoms with Crippen LogP contribution in [-0.4, -0.2) is 56.0 Å². The van der Waals surface area contributed by atoms with Crippen LogP contribution in [0.5, 0.6) is 0 Å². The van der Waals surface area contributed by atoms with E-state index in [2.05, 4.69) is 20.2 Å². The summed E-state index contributed by atoms with van der Waals surface area (Å²) in [6.07, 6.45) is -1.18. The molecule has 184 valence electrons. The van der Waals surface area contributed by atoms with Crippen LogP contribution in [0.3, 0.4) is 0 Å². The zero-order valence-corrected chi connectivity index (χ0v) is 20.5. The molecule has 3 aromatic rings. The molecular formula is C26H26N6O3S. The highest BCUT2D eigenvalue weighted by atomic mass is 32.1. The number of carbonyl (C=O) groups excluding carboxylic acids is 1. The number of para-hydroxylation sites is 1. The van der Waals surface area contributed by atoms with Gasteiger partial charge in [-0.3, -0.25) is 10.2 Å². The van der Waals surface area contributed by atoms with Gasteiger partial charge in [0.05, 0.1) is 30.2 Å². The fourth-order valence-electron chi connectivity index (χ4n) is 4.13. The number of ether oxygens (including phenoxy) is 2. The number of benzene rings is 2. The molecule has 1 aromatic heterocycles. The summed E-state index contributed by atoms with van der Waals surface area (Å²) in [7, 11) is 0. The number of amidine groups is 1. The Labute approximate surface area is 212 Å². The molecule has 1 saturated heterocycles. The molecule has 0 saturated carbocycles. The Kier molecular flexibility index (Phi) is 6.79. The molecule has 1 fully saturated rings. The first kappa shape index (κ1) is 23.7. The van der Waals surface area contributed by atoms with Crippen molar-refractivity contribution in [1.82, 2.24) is 0 Å². The molecule has 1 unspecified atom stereocenters. The average Bonchev–Trinajstić information content (AvgIpc) is 3.23. The van der Waals surface area contributed by atoms with Crippen LogP contribution >= 0.6 is 11.3 Å². The summed E-state index contributed by atoms with van der Waals surface area (Å²) in [5.41, 5.74) is 9.60. The number of thiophene rings is 1. The number of aliphatic imine (C=N–C) groups is 2. The highest BCUT2D eigenvalue weighted by Gasteiger charge is 2.27. The van der Waals surface area contributed by atoms with Crippen molar-refractivity contribution in [2.24, 2.45) is 15.7 Å². The summed E-state index contributed by atoms with van der Waals surface area (Å²) in [5, 5.41) is 12.4. The van der Waals surface area contributed by atoms with Crippen LogP contribution in [0.1, 0.15) is 21.6 Å². The van der Waals surface area contributed by atoms with Crippen LogP contribution in [0.15, 0.2) is 70.6 Å². The molecular weight excluding hydrogens is 476 g/mol. The number of fused-ring (bicyclic) bond motifs is 1. The van der Waals surface area contributed by atoms with Crippen LogP contribution in [0, 0.1) is 12.3 Å². The number of carbonyl (C=O) groups is 1. The number of anilines is 2. The summed E-state index contributed by atoms with van der Waals surface area (Å²) >= 11 is 1.59. The van der Waals surface area contributed by atoms with Gasteiger partial charge in [-0.1, -0.05) is 48.5 Å². The van der Waals surface area contributed by atoms with E-state index >= 15 is 0 Å². The average molecular weight is 503 g/mol. The number of nitrogens with zero attached hydrogens (tertiary/aromatic N) is 3. The van der Waals surface area contributed by atoms with Gasteiger partial charge in [0.15, 0.2) is 0 Å². The van der Waals surface area contributed by atoms with Crippen molar-refractivity contribution in [3.63, 3.8) is 0 Å². The SMILES string of the molecule is Cc1cc(C(=N)OC(N)=NC2N=C(c3ccccc3)c3ccccc3NC2=O)c(N2CCOCC2)s1. The number of hydrogen-bond donors (Lipinski definition) is 3. The Bertz CT molecular complexity index is 1340. The van der Waals surface area contributed by atoms with Crippen molar-refractivity contribution >= 4 is 45.6 Å². The topological polar surface area (TPSA) is 125 Å². The van der Waals surface area contributed by atoms with Crippen molar-refractivity contribution in [3.8, 4) is 0 Å². The largest absolute Gasteiger partial charge is 0.407 e. The first-order chi connectivity index (χ1) is 17.5. The lowest BCUT2D eigenvalue weighted by Crippen LogP contribution is -2.36. The van der Waals surface area contributed by atoms with Gasteiger partial charge < -0.3 is 25.4 Å². The maximum Gasteiger partial charge on any atom is 0.291 e. The van der Waals surface area contributed by atoms with E-state index in [9.17, 15) is 4.79 Å². The van der Waals surface area contributed by atoms with Crippen molar-refractivity contribution < 1.29 is 14.3 Å². The summed E-state index contributed by atoms with van der Waals surface area (Å²) in [6, 6.07) is 18.6. The molecule has 36 heavy (non-hydrogen) atoms. The molecule has 0 radical (unpaired) electrons. The zero-order valence-electron chi connectivity index (χ0n) is 19.7. The molecule has 10 heteroatoms. The van der Waals surface area contributed by atoms with Gasteiger partial charge >= 0.3 is 0 Å². The van der Waals surface area contributed by atoms with Crippen molar-refractivity contribution in [1.29, 1.82) is 5.41 Å². The predicted octanol–water partition coefficient (Wildman–Crippen LogP) is 3.37. The molecule has 0 bridgehead atoms. The number of aryl methyl sites for hydroxylation is 1. The molecule has 9 nitrogen and oxygen atoms in total. The maximum atomic E-state index is 13.0. The Morgan fingerprint density at radius 2 is 1.92 bits per heavy atom. The number of nitrogens with two attached hydrogens (primary N) is 1. The van der Waals surface area contributed by atoms with E-state index in [4.69, 9.17) is 20.6 Å². The monoisotopic (exact) mass is 502 g/mol. The summed E-state index contributed by atoms with van der Waals surface area (Å²) in [6.45, 7) is 4.73. The van der Waals surface area contributed by atoms with E-state index in [1.807, 2.05) is 67.6 Å². The first-order valence-corrected chi connectivity index (χ1v) is 12.4. The lowest BCUT2D eigenvalue weighted by atomic mass is 10.0. The predicted molar refractivity (Wildman–Crippen MR) is 143 cm³/mol. The third kappa shape index (κ3) is 5.00. The van der Waals surface area contributed by atoms with Crippen LogP contribution in [0.4, 0.5) is 10.7 Å². The van der Waals surface area contributed by atoms with Gasteiger partial charge in [-0.2, -0.15) is 4.99 Å². The summed E-state index contributed by atoms with van der Waals surface area (Å²) < 4.78 is 11.1. The van der Waals surface area contributed by atoms with Crippen molar-refractivity contribution in [2.45, 2.75) is 13.1 Å². The molecule has 1 atom stereocenters. The highest BCUT2D eigenvalue weighted by Crippen LogP contribution is 2.32. The minimum absolute atomic E-state index is 0.133. The standard InChI is InChI=1S/C26H26N6O3S/c1-16-15-19(25(36-16)32-11-13-34-14-12-32)22(27)35-26(28)31-23-24(33)29-20-10-6-5-9-18(20)21(30-23)17-7-3-2-4-8-17/h2-10,15,23,27H,11-14H2,1H3,(H2,28,31)(H,29,33). The van der Waals surface area contributed by atoms with E-state index in [1.165, 1.54) is 0 Å². The fourth-order valence-corrected chi connectivity index (χ4v) is 5.19. The Balaban J connectivity index is 1.42. The van der Waals surface area contributed by atoms with Gasteiger partial charge in [-0.15, -0.1) is 11.3 Å². The molecule has 2 aliphatic heterocycles. The number of hydrogen-bond acceptors (Lipinski definition) is 8. The quantitative estimate of drug-likeness (QED) is 0.373. The van der Waals surface area contributed by atoms with Crippen molar-refractivity contribution in [3.05, 3.63) is 82.2 Å². The van der Waals surface area contributed by atoms with Crippen LogP contribution in [-0.2, 0) is 14.3 Å². The van der Waals surface area contributed by atoms with Gasteiger partial charge in [0.2, 0.25) is 12.1 Å². The second kappa shape index (κ2) is 10.3. The normalized spacial score (nSPS) is 18.1. The molecule has 1 amide bonds. The third-order valence-electron chi connectivity index (χ3n) is 5.81. The number of benzodiazepines with no additional fused rings is 1. The highest BCUT2D eigenvalue weighted by molar-refractivity contribution is 7.16. The first-order valence-electron chi connectivity index (χ1n) is 11.6. The van der Waals surface area contributed by atoms with Crippen LogP contribution < -0.4 is 16.0 Å². The molecule has 2 aromatic carbocycles.